The molecule has 0 saturated carbocycles. The van der Waals surface area contributed by atoms with E-state index in [1.54, 1.807) is 24.3 Å². The molecule has 0 aliphatic carbocycles. The first kappa shape index (κ1) is 13.5. The third kappa shape index (κ3) is 2.30. The Labute approximate surface area is 124 Å². The number of hydrogen-bond donors (Lipinski definition) is 1. The zero-order valence-electron chi connectivity index (χ0n) is 9.96. The van der Waals surface area contributed by atoms with E-state index in [1.807, 2.05) is 12.1 Å². The van der Waals surface area contributed by atoms with Crippen LogP contribution < -0.4 is 5.32 Å². The molecule has 0 saturated heterocycles. The molecule has 0 bridgehead atoms. The highest BCUT2D eigenvalue weighted by Gasteiger charge is 2.27. The Bertz CT molecular complexity index is 818. The van der Waals surface area contributed by atoms with E-state index < -0.39 is 15.0 Å². The monoisotopic (exact) mass is 325 g/mol. The zero-order chi connectivity index (χ0) is 14.3. The number of halogens is 1. The summed E-state index contributed by atoms with van der Waals surface area (Å²) in [6, 6.07) is 11.9. The van der Waals surface area contributed by atoms with E-state index in [0.717, 1.165) is 4.90 Å². The Balaban J connectivity index is 2.26. The first-order valence-corrected chi connectivity index (χ1v) is 8.75. The molecule has 1 aliphatic heterocycles. The highest BCUT2D eigenvalue weighted by molar-refractivity contribution is 8.13. The van der Waals surface area contributed by atoms with Gasteiger partial charge in [0, 0.05) is 20.5 Å². The standard InChI is InChI=1S/C13H8ClNO3S2/c14-20(17,18)11-7-3-6-10-12(11)13(16)15-8-4-1-2-5-9(8)19-10/h1-7H,(H,15,16). The van der Waals surface area contributed by atoms with Gasteiger partial charge in [-0.2, -0.15) is 0 Å². The van der Waals surface area contributed by atoms with Crippen LogP contribution in [0.4, 0.5) is 5.69 Å². The van der Waals surface area contributed by atoms with Crippen molar-refractivity contribution in [2.75, 3.05) is 5.32 Å². The Kier molecular flexibility index (Phi) is 3.24. The lowest BCUT2D eigenvalue weighted by Crippen LogP contribution is -2.15. The topological polar surface area (TPSA) is 63.2 Å². The van der Waals surface area contributed by atoms with Crippen LogP contribution in [0.2, 0.25) is 0 Å². The highest BCUT2D eigenvalue weighted by Crippen LogP contribution is 2.40. The van der Waals surface area contributed by atoms with Gasteiger partial charge in [-0.1, -0.05) is 30.0 Å². The molecule has 20 heavy (non-hydrogen) atoms. The molecule has 2 aromatic rings. The zero-order valence-corrected chi connectivity index (χ0v) is 12.3. The van der Waals surface area contributed by atoms with Crippen LogP contribution in [0.15, 0.2) is 57.2 Å². The second-order valence-corrected chi connectivity index (χ2v) is 7.74. The minimum Gasteiger partial charge on any atom is -0.321 e. The molecule has 7 heteroatoms. The minimum atomic E-state index is -3.98. The summed E-state index contributed by atoms with van der Waals surface area (Å²) in [5.41, 5.74) is 0.736. The molecule has 0 fully saturated rings. The molecule has 0 aromatic heterocycles. The molecule has 1 aliphatic rings. The van der Waals surface area contributed by atoms with E-state index in [9.17, 15) is 13.2 Å². The van der Waals surface area contributed by atoms with Gasteiger partial charge >= 0.3 is 0 Å². The Hall–Kier alpha value is -1.50. The fourth-order valence-corrected chi connectivity index (χ4v) is 4.19. The molecule has 1 heterocycles. The average molecular weight is 326 g/mol. The highest BCUT2D eigenvalue weighted by atomic mass is 35.7. The fourth-order valence-electron chi connectivity index (χ4n) is 1.99. The van der Waals surface area contributed by atoms with Crippen molar-refractivity contribution in [2.45, 2.75) is 14.7 Å². The smallest absolute Gasteiger partial charge is 0.262 e. The van der Waals surface area contributed by atoms with Gasteiger partial charge < -0.3 is 5.32 Å². The molecule has 1 N–H and O–H groups in total. The molecule has 102 valence electrons. The van der Waals surface area contributed by atoms with Crippen molar-refractivity contribution in [1.29, 1.82) is 0 Å². The van der Waals surface area contributed by atoms with Crippen molar-refractivity contribution in [3.05, 3.63) is 48.0 Å². The maximum absolute atomic E-state index is 12.3. The largest absolute Gasteiger partial charge is 0.321 e. The average Bonchev–Trinajstić information content (AvgIpc) is 2.53. The van der Waals surface area contributed by atoms with Crippen LogP contribution >= 0.6 is 22.4 Å². The summed E-state index contributed by atoms with van der Waals surface area (Å²) in [4.78, 5) is 13.5. The molecule has 0 spiro atoms. The molecule has 2 aromatic carbocycles. The van der Waals surface area contributed by atoms with Gasteiger partial charge in [0.15, 0.2) is 0 Å². The number of amides is 1. The normalized spacial score (nSPS) is 13.9. The number of benzene rings is 2. The molecule has 1 amide bonds. The van der Waals surface area contributed by atoms with E-state index in [0.29, 0.717) is 10.6 Å². The number of carbonyl (C=O) groups excluding carboxylic acids is 1. The second kappa shape index (κ2) is 4.80. The third-order valence-corrected chi connectivity index (χ3v) is 5.33. The number of para-hydroxylation sites is 1. The molecular formula is C13H8ClNO3S2. The molecule has 0 atom stereocenters. The summed E-state index contributed by atoms with van der Waals surface area (Å²) >= 11 is 1.33. The van der Waals surface area contributed by atoms with E-state index in [1.165, 1.54) is 17.8 Å². The number of hydrogen-bond acceptors (Lipinski definition) is 4. The quantitative estimate of drug-likeness (QED) is 0.817. The lowest BCUT2D eigenvalue weighted by molar-refractivity contribution is 0.102. The van der Waals surface area contributed by atoms with E-state index in [4.69, 9.17) is 10.7 Å². The predicted molar refractivity (Wildman–Crippen MR) is 78.0 cm³/mol. The van der Waals surface area contributed by atoms with E-state index >= 15 is 0 Å². The summed E-state index contributed by atoms with van der Waals surface area (Å²) < 4.78 is 23.2. The van der Waals surface area contributed by atoms with Crippen molar-refractivity contribution < 1.29 is 13.2 Å². The van der Waals surface area contributed by atoms with Crippen molar-refractivity contribution in [1.82, 2.24) is 0 Å². The third-order valence-electron chi connectivity index (χ3n) is 2.83. The van der Waals surface area contributed by atoms with Crippen LogP contribution in [0, 0.1) is 0 Å². The van der Waals surface area contributed by atoms with Gasteiger partial charge in [-0.05, 0) is 24.3 Å². The van der Waals surface area contributed by atoms with Crippen molar-refractivity contribution in [3.8, 4) is 0 Å². The molecule has 3 rings (SSSR count). The van der Waals surface area contributed by atoms with Crippen molar-refractivity contribution in [3.63, 3.8) is 0 Å². The van der Waals surface area contributed by atoms with Crippen molar-refractivity contribution in [2.24, 2.45) is 0 Å². The number of fused-ring (bicyclic) bond motifs is 2. The van der Waals surface area contributed by atoms with Crippen LogP contribution in [0.3, 0.4) is 0 Å². The first-order valence-electron chi connectivity index (χ1n) is 5.63. The van der Waals surface area contributed by atoms with E-state index in [2.05, 4.69) is 5.32 Å². The summed E-state index contributed by atoms with van der Waals surface area (Å²) in [5, 5.41) is 2.71. The molecule has 0 radical (unpaired) electrons. The maximum Gasteiger partial charge on any atom is 0.262 e. The molecule has 0 unspecified atom stereocenters. The Morgan fingerprint density at radius 2 is 1.70 bits per heavy atom. The number of rotatable bonds is 1. The summed E-state index contributed by atoms with van der Waals surface area (Å²) in [6.45, 7) is 0. The number of carbonyl (C=O) groups is 1. The predicted octanol–water partition coefficient (Wildman–Crippen LogP) is 3.33. The van der Waals surface area contributed by atoms with Crippen LogP contribution in [0.25, 0.3) is 0 Å². The maximum atomic E-state index is 12.3. The van der Waals surface area contributed by atoms with Gasteiger partial charge in [-0.25, -0.2) is 8.42 Å². The second-order valence-electron chi connectivity index (χ2n) is 4.12. The van der Waals surface area contributed by atoms with Crippen LogP contribution in [-0.4, -0.2) is 14.3 Å². The van der Waals surface area contributed by atoms with Crippen molar-refractivity contribution >= 4 is 43.1 Å². The van der Waals surface area contributed by atoms with Gasteiger partial charge in [0.2, 0.25) is 0 Å². The van der Waals surface area contributed by atoms with Gasteiger partial charge in [-0.15, -0.1) is 0 Å². The van der Waals surface area contributed by atoms with Crippen LogP contribution in [0.5, 0.6) is 0 Å². The van der Waals surface area contributed by atoms with Gasteiger partial charge in [0.25, 0.3) is 15.0 Å². The molecular weight excluding hydrogens is 318 g/mol. The minimum absolute atomic E-state index is 0.0868. The van der Waals surface area contributed by atoms with Gasteiger partial charge in [-0.3, -0.25) is 4.79 Å². The van der Waals surface area contributed by atoms with E-state index in [-0.39, 0.29) is 10.5 Å². The Morgan fingerprint density at radius 1 is 1.00 bits per heavy atom. The lowest BCUT2D eigenvalue weighted by Gasteiger charge is -2.07. The fraction of sp³-hybridized carbons (Fsp3) is 0. The summed E-state index contributed by atoms with van der Waals surface area (Å²) in [6.07, 6.45) is 0. The number of nitrogens with one attached hydrogen (secondary N) is 1. The Morgan fingerprint density at radius 3 is 2.45 bits per heavy atom. The summed E-state index contributed by atoms with van der Waals surface area (Å²) in [7, 11) is 1.43. The van der Waals surface area contributed by atoms with Gasteiger partial charge in [0.1, 0.15) is 0 Å². The van der Waals surface area contributed by atoms with Crippen LogP contribution in [0.1, 0.15) is 10.4 Å². The van der Waals surface area contributed by atoms with Crippen LogP contribution in [-0.2, 0) is 9.05 Å². The molecule has 4 nitrogen and oxygen atoms in total. The lowest BCUT2D eigenvalue weighted by atomic mass is 10.2. The van der Waals surface area contributed by atoms with Gasteiger partial charge in [0.05, 0.1) is 16.1 Å². The first-order chi connectivity index (χ1) is 9.47. The number of anilines is 1. The summed E-state index contributed by atoms with van der Waals surface area (Å²) in [5.74, 6) is -0.475. The SMILES string of the molecule is O=C1Nc2ccccc2Sc2cccc(S(=O)(=O)Cl)c21.